The lowest BCUT2D eigenvalue weighted by Crippen LogP contribution is -2.38. The molecule has 0 bridgehead atoms. The number of nitrogens with zero attached hydrogens (tertiary/aromatic N) is 1. The highest BCUT2D eigenvalue weighted by atomic mass is 16.5. The van der Waals surface area contributed by atoms with Gasteiger partial charge in [-0.2, -0.15) is 0 Å². The van der Waals surface area contributed by atoms with Gasteiger partial charge in [0.2, 0.25) is 0 Å². The SMILES string of the molecule is COc1cccc(OCCNC(=O)NCCCN(C)C)c1. The van der Waals surface area contributed by atoms with Crippen molar-refractivity contribution in [1.82, 2.24) is 15.5 Å². The minimum Gasteiger partial charge on any atom is -0.497 e. The number of benzene rings is 1. The molecular formula is C15H25N3O3. The number of rotatable bonds is 9. The van der Waals surface area contributed by atoms with E-state index in [0.717, 1.165) is 24.5 Å². The third-order valence-corrected chi connectivity index (χ3v) is 2.77. The molecule has 1 rings (SSSR count). The zero-order chi connectivity index (χ0) is 15.5. The smallest absolute Gasteiger partial charge is 0.314 e. The van der Waals surface area contributed by atoms with Crippen molar-refractivity contribution in [2.24, 2.45) is 0 Å². The molecule has 0 aliphatic rings. The summed E-state index contributed by atoms with van der Waals surface area (Å²) in [5.74, 6) is 1.47. The second-order valence-corrected chi connectivity index (χ2v) is 4.87. The lowest BCUT2D eigenvalue weighted by Gasteiger charge is -2.11. The van der Waals surface area contributed by atoms with E-state index in [2.05, 4.69) is 15.5 Å². The van der Waals surface area contributed by atoms with Crippen LogP contribution in [-0.2, 0) is 0 Å². The van der Waals surface area contributed by atoms with E-state index in [1.54, 1.807) is 13.2 Å². The van der Waals surface area contributed by atoms with Crippen LogP contribution < -0.4 is 20.1 Å². The summed E-state index contributed by atoms with van der Waals surface area (Å²) in [6.45, 7) is 2.50. The van der Waals surface area contributed by atoms with Gasteiger partial charge in [-0.25, -0.2) is 4.79 Å². The Morgan fingerprint density at radius 2 is 1.90 bits per heavy atom. The van der Waals surface area contributed by atoms with Crippen LogP contribution in [0, 0.1) is 0 Å². The fourth-order valence-corrected chi connectivity index (χ4v) is 1.68. The molecule has 21 heavy (non-hydrogen) atoms. The van der Waals surface area contributed by atoms with Crippen LogP contribution in [0.3, 0.4) is 0 Å². The summed E-state index contributed by atoms with van der Waals surface area (Å²) in [5, 5.41) is 5.55. The fraction of sp³-hybridized carbons (Fsp3) is 0.533. The van der Waals surface area contributed by atoms with Crippen LogP contribution in [0.5, 0.6) is 11.5 Å². The van der Waals surface area contributed by atoms with E-state index in [4.69, 9.17) is 9.47 Å². The molecule has 0 spiro atoms. The van der Waals surface area contributed by atoms with E-state index < -0.39 is 0 Å². The van der Waals surface area contributed by atoms with Crippen molar-refractivity contribution in [2.45, 2.75) is 6.42 Å². The number of urea groups is 1. The van der Waals surface area contributed by atoms with E-state index in [1.165, 1.54) is 0 Å². The highest BCUT2D eigenvalue weighted by Gasteiger charge is 2.00. The molecule has 0 heterocycles. The van der Waals surface area contributed by atoms with Gasteiger partial charge in [0.1, 0.15) is 18.1 Å². The van der Waals surface area contributed by atoms with Gasteiger partial charge in [-0.05, 0) is 39.2 Å². The van der Waals surface area contributed by atoms with Crippen LogP contribution in [0.2, 0.25) is 0 Å². The summed E-state index contributed by atoms with van der Waals surface area (Å²) >= 11 is 0. The predicted molar refractivity (Wildman–Crippen MR) is 83.1 cm³/mol. The normalized spacial score (nSPS) is 10.3. The molecule has 0 saturated heterocycles. The van der Waals surface area contributed by atoms with Gasteiger partial charge < -0.3 is 25.0 Å². The van der Waals surface area contributed by atoms with Crippen molar-refractivity contribution >= 4 is 6.03 Å². The number of methoxy groups -OCH3 is 1. The van der Waals surface area contributed by atoms with Crippen LogP contribution in [0.4, 0.5) is 4.79 Å². The summed E-state index contributed by atoms with van der Waals surface area (Å²) in [4.78, 5) is 13.6. The number of amides is 2. The Hall–Kier alpha value is -1.95. The zero-order valence-corrected chi connectivity index (χ0v) is 13.0. The Bertz CT molecular complexity index is 424. The van der Waals surface area contributed by atoms with Crippen LogP contribution in [0.15, 0.2) is 24.3 Å². The van der Waals surface area contributed by atoms with Gasteiger partial charge >= 0.3 is 6.03 Å². The summed E-state index contributed by atoms with van der Waals surface area (Å²) in [6, 6.07) is 7.21. The molecule has 0 aromatic heterocycles. The molecule has 0 aliphatic carbocycles. The third-order valence-electron chi connectivity index (χ3n) is 2.77. The van der Waals surface area contributed by atoms with Gasteiger partial charge in [0.15, 0.2) is 0 Å². The minimum absolute atomic E-state index is 0.164. The maximum Gasteiger partial charge on any atom is 0.314 e. The summed E-state index contributed by atoms with van der Waals surface area (Å²) in [6.07, 6.45) is 0.931. The van der Waals surface area contributed by atoms with E-state index in [0.29, 0.717) is 19.7 Å². The number of carbonyl (C=O) groups is 1. The molecule has 2 N–H and O–H groups in total. The Balaban J connectivity index is 2.09. The van der Waals surface area contributed by atoms with Gasteiger partial charge in [-0.15, -0.1) is 0 Å². The van der Waals surface area contributed by atoms with E-state index in [9.17, 15) is 4.79 Å². The zero-order valence-electron chi connectivity index (χ0n) is 13.0. The standard InChI is InChI=1S/C15H25N3O3/c1-18(2)10-5-8-16-15(19)17-9-11-21-14-7-4-6-13(12-14)20-3/h4,6-7,12H,5,8-11H2,1-3H3,(H2,16,17,19). The first-order chi connectivity index (χ1) is 10.1. The van der Waals surface area contributed by atoms with E-state index >= 15 is 0 Å². The molecule has 0 fully saturated rings. The monoisotopic (exact) mass is 295 g/mol. The Morgan fingerprint density at radius 1 is 1.19 bits per heavy atom. The van der Waals surface area contributed by atoms with Crippen LogP contribution in [0.25, 0.3) is 0 Å². The topological polar surface area (TPSA) is 62.8 Å². The first kappa shape index (κ1) is 17.1. The van der Waals surface area contributed by atoms with Crippen LogP contribution >= 0.6 is 0 Å². The molecule has 0 aliphatic heterocycles. The Morgan fingerprint density at radius 3 is 2.62 bits per heavy atom. The molecule has 6 heteroatoms. The van der Waals surface area contributed by atoms with Gasteiger partial charge in [-0.1, -0.05) is 6.07 Å². The maximum absolute atomic E-state index is 11.5. The quantitative estimate of drug-likeness (QED) is 0.675. The number of carbonyl (C=O) groups excluding carboxylic acids is 1. The molecule has 1 aromatic rings. The van der Waals surface area contributed by atoms with Crippen molar-refractivity contribution in [2.75, 3.05) is 47.4 Å². The number of hydrogen-bond donors (Lipinski definition) is 2. The molecule has 0 saturated carbocycles. The molecule has 0 atom stereocenters. The second kappa shape index (κ2) is 9.88. The lowest BCUT2D eigenvalue weighted by atomic mass is 10.3. The summed E-state index contributed by atoms with van der Waals surface area (Å²) < 4.78 is 10.6. The average Bonchev–Trinajstić information content (AvgIpc) is 2.48. The fourth-order valence-electron chi connectivity index (χ4n) is 1.68. The first-order valence-corrected chi connectivity index (χ1v) is 7.05. The average molecular weight is 295 g/mol. The summed E-state index contributed by atoms with van der Waals surface area (Å²) in [5.41, 5.74) is 0. The highest BCUT2D eigenvalue weighted by molar-refractivity contribution is 5.73. The first-order valence-electron chi connectivity index (χ1n) is 7.05. The van der Waals surface area contributed by atoms with Crippen molar-refractivity contribution in [3.8, 4) is 11.5 Å². The number of nitrogens with one attached hydrogen (secondary N) is 2. The molecule has 118 valence electrons. The molecular weight excluding hydrogens is 270 g/mol. The van der Waals surface area contributed by atoms with Crippen molar-refractivity contribution < 1.29 is 14.3 Å². The minimum atomic E-state index is -0.164. The number of hydrogen-bond acceptors (Lipinski definition) is 4. The third kappa shape index (κ3) is 8.04. The van der Waals surface area contributed by atoms with Crippen molar-refractivity contribution in [3.63, 3.8) is 0 Å². The van der Waals surface area contributed by atoms with Gasteiger partial charge in [0, 0.05) is 12.6 Å². The second-order valence-electron chi connectivity index (χ2n) is 4.87. The Kier molecular flexibility index (Phi) is 8.04. The maximum atomic E-state index is 11.5. The van der Waals surface area contributed by atoms with Gasteiger partial charge in [-0.3, -0.25) is 0 Å². The number of ether oxygens (including phenoxy) is 2. The van der Waals surface area contributed by atoms with Gasteiger partial charge in [0.25, 0.3) is 0 Å². The molecule has 2 amide bonds. The van der Waals surface area contributed by atoms with E-state index in [1.807, 2.05) is 32.3 Å². The van der Waals surface area contributed by atoms with Crippen molar-refractivity contribution in [1.29, 1.82) is 0 Å². The van der Waals surface area contributed by atoms with Crippen LogP contribution in [-0.4, -0.2) is 58.4 Å². The molecule has 6 nitrogen and oxygen atoms in total. The molecule has 1 aromatic carbocycles. The summed E-state index contributed by atoms with van der Waals surface area (Å²) in [7, 11) is 5.63. The van der Waals surface area contributed by atoms with Crippen molar-refractivity contribution in [3.05, 3.63) is 24.3 Å². The predicted octanol–water partition coefficient (Wildman–Crippen LogP) is 1.32. The van der Waals surface area contributed by atoms with E-state index in [-0.39, 0.29) is 6.03 Å². The Labute approximate surface area is 126 Å². The lowest BCUT2D eigenvalue weighted by molar-refractivity contribution is 0.235. The largest absolute Gasteiger partial charge is 0.497 e. The van der Waals surface area contributed by atoms with Gasteiger partial charge in [0.05, 0.1) is 13.7 Å². The molecule has 0 radical (unpaired) electrons. The van der Waals surface area contributed by atoms with Crippen LogP contribution in [0.1, 0.15) is 6.42 Å². The molecule has 0 unspecified atom stereocenters. The highest BCUT2D eigenvalue weighted by Crippen LogP contribution is 2.18.